The van der Waals surface area contributed by atoms with Gasteiger partial charge in [0.2, 0.25) is 0 Å². The van der Waals surface area contributed by atoms with Crippen molar-refractivity contribution < 1.29 is 23.8 Å². The van der Waals surface area contributed by atoms with E-state index in [0.717, 1.165) is 25.7 Å². The van der Waals surface area contributed by atoms with Gasteiger partial charge in [0.05, 0.1) is 18.6 Å². The highest BCUT2D eigenvalue weighted by atomic mass is 16.6. The molecule has 146 valence electrons. The molecule has 1 fully saturated rings. The quantitative estimate of drug-likeness (QED) is 0.502. The summed E-state index contributed by atoms with van der Waals surface area (Å²) in [5.74, 6) is 7.76. The molecule has 6 heteroatoms. The highest BCUT2D eigenvalue weighted by Gasteiger charge is 2.49. The predicted molar refractivity (Wildman–Crippen MR) is 97.3 cm³/mol. The molecule has 1 amide bonds. The van der Waals surface area contributed by atoms with Gasteiger partial charge in [0.15, 0.2) is 0 Å². The average Bonchev–Trinajstić information content (AvgIpc) is 3.20. The fraction of sp³-hybridized carbons (Fsp3) is 0.800. The first-order valence-corrected chi connectivity index (χ1v) is 9.59. The molecule has 0 aromatic rings. The number of carbonyl (C=O) groups excluding carboxylic acids is 2. The molecule has 2 aliphatic carbocycles. The van der Waals surface area contributed by atoms with E-state index in [4.69, 9.17) is 14.2 Å². The summed E-state index contributed by atoms with van der Waals surface area (Å²) in [7, 11) is 0. The first-order valence-electron chi connectivity index (χ1n) is 9.59. The maximum atomic E-state index is 11.8. The van der Waals surface area contributed by atoms with Gasteiger partial charge in [-0.1, -0.05) is 0 Å². The molecule has 0 saturated heterocycles. The Kier molecular flexibility index (Phi) is 7.77. The van der Waals surface area contributed by atoms with Gasteiger partial charge in [0, 0.05) is 26.0 Å². The minimum Gasteiger partial charge on any atom is -0.463 e. The molecule has 0 spiro atoms. The van der Waals surface area contributed by atoms with E-state index in [1.165, 1.54) is 0 Å². The third-order valence-electron chi connectivity index (χ3n) is 4.96. The minimum absolute atomic E-state index is 0.114. The summed E-state index contributed by atoms with van der Waals surface area (Å²) in [6.45, 7) is 7.04. The number of amides is 1. The maximum Gasteiger partial charge on any atom is 0.407 e. The molecule has 0 aliphatic heterocycles. The first kappa shape index (κ1) is 20.6. The molecule has 0 unspecified atom stereocenters. The average molecular weight is 365 g/mol. The smallest absolute Gasteiger partial charge is 0.407 e. The number of carbonyl (C=O) groups is 2. The number of ether oxygens (including phenoxy) is 3. The van der Waals surface area contributed by atoms with Gasteiger partial charge in [-0.25, -0.2) is 4.79 Å². The molecule has 6 nitrogen and oxygen atoms in total. The van der Waals surface area contributed by atoms with Crippen molar-refractivity contribution in [1.29, 1.82) is 0 Å². The lowest BCUT2D eigenvalue weighted by molar-refractivity contribution is -0.152. The van der Waals surface area contributed by atoms with E-state index in [1.54, 1.807) is 0 Å². The Morgan fingerprint density at radius 1 is 1.12 bits per heavy atom. The minimum atomic E-state index is -0.499. The predicted octanol–water partition coefficient (Wildman–Crippen LogP) is 2.90. The summed E-state index contributed by atoms with van der Waals surface area (Å²) in [5, 5.41) is 2.61. The molecule has 1 saturated carbocycles. The highest BCUT2D eigenvalue weighted by molar-refractivity contribution is 5.71. The van der Waals surface area contributed by atoms with Crippen LogP contribution in [0.4, 0.5) is 4.79 Å². The Morgan fingerprint density at radius 2 is 1.77 bits per heavy atom. The normalized spacial score (nSPS) is 24.2. The SMILES string of the molecule is CCOC(C)(C)COC(=O)CCNC(=O)OC[C@@H]1[C@@H]2CCC#CCC[C@@H]21. The van der Waals surface area contributed by atoms with Crippen LogP contribution in [-0.4, -0.2) is 44.0 Å². The van der Waals surface area contributed by atoms with Gasteiger partial charge in [-0.05, 0) is 51.4 Å². The van der Waals surface area contributed by atoms with Gasteiger partial charge in [0.1, 0.15) is 6.61 Å². The van der Waals surface area contributed by atoms with Crippen LogP contribution in [0.1, 0.15) is 52.9 Å². The van der Waals surface area contributed by atoms with Crippen molar-refractivity contribution in [3.8, 4) is 11.8 Å². The van der Waals surface area contributed by atoms with E-state index < -0.39 is 11.7 Å². The Morgan fingerprint density at radius 3 is 2.38 bits per heavy atom. The van der Waals surface area contributed by atoms with Gasteiger partial charge in [-0.3, -0.25) is 4.79 Å². The van der Waals surface area contributed by atoms with Crippen molar-refractivity contribution in [3.05, 3.63) is 0 Å². The van der Waals surface area contributed by atoms with E-state index in [2.05, 4.69) is 17.2 Å². The second-order valence-corrected chi connectivity index (χ2v) is 7.55. The van der Waals surface area contributed by atoms with E-state index in [9.17, 15) is 9.59 Å². The van der Waals surface area contributed by atoms with Crippen LogP contribution in [0.25, 0.3) is 0 Å². The molecule has 26 heavy (non-hydrogen) atoms. The van der Waals surface area contributed by atoms with E-state index in [0.29, 0.717) is 31.0 Å². The zero-order valence-corrected chi connectivity index (χ0v) is 16.1. The van der Waals surface area contributed by atoms with Crippen LogP contribution < -0.4 is 5.32 Å². The van der Waals surface area contributed by atoms with Crippen molar-refractivity contribution in [2.45, 2.75) is 58.5 Å². The molecule has 0 bridgehead atoms. The molecule has 0 aromatic heterocycles. The number of hydrogen-bond donors (Lipinski definition) is 1. The fourth-order valence-electron chi connectivity index (χ4n) is 3.53. The molecular formula is C20H31NO5. The van der Waals surface area contributed by atoms with Crippen molar-refractivity contribution in [3.63, 3.8) is 0 Å². The topological polar surface area (TPSA) is 73.9 Å². The Bertz CT molecular complexity index is 530. The van der Waals surface area contributed by atoms with Crippen molar-refractivity contribution in [2.24, 2.45) is 17.8 Å². The number of nitrogens with one attached hydrogen (secondary N) is 1. The molecule has 0 aromatic carbocycles. The second-order valence-electron chi connectivity index (χ2n) is 7.55. The summed E-state index contributed by atoms with van der Waals surface area (Å²) in [6, 6.07) is 0. The van der Waals surface area contributed by atoms with Gasteiger partial charge in [-0.2, -0.15) is 0 Å². The van der Waals surface area contributed by atoms with E-state index >= 15 is 0 Å². The summed E-state index contributed by atoms with van der Waals surface area (Å²) >= 11 is 0. The molecule has 0 radical (unpaired) electrons. The number of rotatable bonds is 9. The highest BCUT2D eigenvalue weighted by Crippen LogP contribution is 2.52. The van der Waals surface area contributed by atoms with Gasteiger partial charge < -0.3 is 19.5 Å². The molecule has 2 aliphatic rings. The number of fused-ring (bicyclic) bond motifs is 1. The van der Waals surface area contributed by atoms with Gasteiger partial charge in [-0.15, -0.1) is 11.8 Å². The molecule has 0 heterocycles. The Labute approximate surface area is 156 Å². The summed E-state index contributed by atoms with van der Waals surface area (Å²) in [6.07, 6.45) is 3.76. The molecule has 2 rings (SSSR count). The number of esters is 1. The zero-order chi connectivity index (χ0) is 19.0. The van der Waals surface area contributed by atoms with E-state index in [-0.39, 0.29) is 25.5 Å². The lowest BCUT2D eigenvalue weighted by Crippen LogP contribution is -2.33. The first-order chi connectivity index (χ1) is 12.4. The van der Waals surface area contributed by atoms with Crippen LogP contribution in [0.2, 0.25) is 0 Å². The van der Waals surface area contributed by atoms with Crippen LogP contribution >= 0.6 is 0 Å². The van der Waals surface area contributed by atoms with Gasteiger partial charge in [0.25, 0.3) is 0 Å². The van der Waals surface area contributed by atoms with Crippen LogP contribution in [-0.2, 0) is 19.0 Å². The van der Waals surface area contributed by atoms with Crippen LogP contribution in [0.15, 0.2) is 0 Å². The van der Waals surface area contributed by atoms with Crippen LogP contribution in [0.3, 0.4) is 0 Å². The summed E-state index contributed by atoms with van der Waals surface area (Å²) in [5.41, 5.74) is -0.499. The largest absolute Gasteiger partial charge is 0.463 e. The summed E-state index contributed by atoms with van der Waals surface area (Å²) in [4.78, 5) is 23.5. The Hall–Kier alpha value is -1.74. The molecular weight excluding hydrogens is 334 g/mol. The third-order valence-corrected chi connectivity index (χ3v) is 4.96. The van der Waals surface area contributed by atoms with Crippen molar-refractivity contribution >= 4 is 12.1 Å². The van der Waals surface area contributed by atoms with E-state index in [1.807, 2.05) is 20.8 Å². The lowest BCUT2D eigenvalue weighted by Gasteiger charge is -2.23. The third kappa shape index (κ3) is 6.87. The second kappa shape index (κ2) is 9.82. The van der Waals surface area contributed by atoms with Crippen molar-refractivity contribution in [1.82, 2.24) is 5.32 Å². The van der Waals surface area contributed by atoms with Crippen LogP contribution in [0.5, 0.6) is 0 Å². The maximum absolute atomic E-state index is 11.8. The standard InChI is InChI=1S/C20H31NO5/c1-4-26-20(2,3)14-25-18(22)11-12-21-19(23)24-13-17-15-9-7-5-6-8-10-16(15)17/h15-17H,4,7-14H2,1-3H3,(H,21,23)/t15-,16+,17-. The van der Waals surface area contributed by atoms with Crippen molar-refractivity contribution in [2.75, 3.05) is 26.4 Å². The molecule has 3 atom stereocenters. The lowest BCUT2D eigenvalue weighted by atomic mass is 10.1. The van der Waals surface area contributed by atoms with Crippen LogP contribution in [0, 0.1) is 29.6 Å². The zero-order valence-electron chi connectivity index (χ0n) is 16.1. The fourth-order valence-corrected chi connectivity index (χ4v) is 3.53. The monoisotopic (exact) mass is 365 g/mol. The number of hydrogen-bond acceptors (Lipinski definition) is 5. The van der Waals surface area contributed by atoms with Gasteiger partial charge >= 0.3 is 12.1 Å². The number of alkyl carbamates (subject to hydrolysis) is 1. The summed E-state index contributed by atoms with van der Waals surface area (Å²) < 4.78 is 15.9. The molecule has 1 N–H and O–H groups in total. The Balaban J connectivity index is 1.53.